The molecule has 0 saturated heterocycles. The predicted molar refractivity (Wildman–Crippen MR) is 66.8 cm³/mol. The van der Waals surface area contributed by atoms with Gasteiger partial charge in [-0.2, -0.15) is 0 Å². The van der Waals surface area contributed by atoms with Crippen LogP contribution in [0.1, 0.15) is 33.1 Å². The molecule has 4 nitrogen and oxygen atoms in total. The monoisotopic (exact) mass is 220 g/mol. The molecule has 1 heterocycles. The Bertz CT molecular complexity index is 347. The van der Waals surface area contributed by atoms with Crippen LogP contribution in [0, 0.1) is 0 Å². The predicted octanol–water partition coefficient (Wildman–Crippen LogP) is 2.29. The zero-order valence-corrected chi connectivity index (χ0v) is 10.3. The molecule has 88 valence electrons. The van der Waals surface area contributed by atoms with Gasteiger partial charge in [0.2, 0.25) is 0 Å². The highest BCUT2D eigenvalue weighted by atomic mass is 15.2. The first-order valence-electron chi connectivity index (χ1n) is 5.98. The summed E-state index contributed by atoms with van der Waals surface area (Å²) in [5.41, 5.74) is 0. The molecule has 0 radical (unpaired) electrons. The highest BCUT2D eigenvalue weighted by Crippen LogP contribution is 2.27. The summed E-state index contributed by atoms with van der Waals surface area (Å²) in [6.45, 7) is 4.22. The Morgan fingerprint density at radius 2 is 2.12 bits per heavy atom. The summed E-state index contributed by atoms with van der Waals surface area (Å²) in [5.74, 6) is 1.93. The van der Waals surface area contributed by atoms with Crippen molar-refractivity contribution in [2.75, 3.05) is 17.3 Å². The minimum Gasteiger partial charge on any atom is -0.368 e. The molecule has 0 aliphatic heterocycles. The van der Waals surface area contributed by atoms with Crippen LogP contribution in [-0.4, -0.2) is 29.1 Å². The lowest BCUT2D eigenvalue weighted by atomic mass is 9.92. The maximum Gasteiger partial charge on any atom is 0.134 e. The average molecular weight is 220 g/mol. The van der Waals surface area contributed by atoms with E-state index in [0.717, 1.165) is 11.6 Å². The van der Waals surface area contributed by atoms with Gasteiger partial charge in [-0.3, -0.25) is 0 Å². The normalized spacial score (nSPS) is 16.0. The molecule has 0 unspecified atom stereocenters. The van der Waals surface area contributed by atoms with Gasteiger partial charge < -0.3 is 10.2 Å². The molecule has 1 N–H and O–H groups in total. The molecule has 0 amide bonds. The lowest BCUT2D eigenvalue weighted by Crippen LogP contribution is -2.37. The van der Waals surface area contributed by atoms with Crippen molar-refractivity contribution in [3.63, 3.8) is 0 Å². The number of hydrogen-bond acceptors (Lipinski definition) is 4. The van der Waals surface area contributed by atoms with E-state index in [0.29, 0.717) is 12.1 Å². The quantitative estimate of drug-likeness (QED) is 0.845. The van der Waals surface area contributed by atoms with Crippen LogP contribution in [-0.2, 0) is 0 Å². The third-order valence-corrected chi connectivity index (χ3v) is 3.07. The van der Waals surface area contributed by atoms with E-state index in [1.807, 2.05) is 6.07 Å². The van der Waals surface area contributed by atoms with Crippen molar-refractivity contribution in [3.8, 4) is 0 Å². The summed E-state index contributed by atoms with van der Waals surface area (Å²) in [5, 5.41) is 3.30. The number of rotatable bonds is 4. The number of aromatic nitrogens is 2. The molecule has 1 aliphatic rings. The number of hydrogen-bond donors (Lipinski definition) is 1. The number of nitrogens with zero attached hydrogens (tertiary/aromatic N) is 3. The molecule has 1 aromatic rings. The van der Waals surface area contributed by atoms with Crippen LogP contribution >= 0.6 is 0 Å². The third-order valence-electron chi connectivity index (χ3n) is 3.07. The summed E-state index contributed by atoms with van der Waals surface area (Å²) in [7, 11) is 2.12. The fraction of sp³-hybridized carbons (Fsp3) is 0.667. The second-order valence-electron chi connectivity index (χ2n) is 4.76. The minimum absolute atomic E-state index is 0.400. The van der Waals surface area contributed by atoms with Gasteiger partial charge in [0.05, 0.1) is 0 Å². The summed E-state index contributed by atoms with van der Waals surface area (Å²) in [6.07, 6.45) is 5.55. The van der Waals surface area contributed by atoms with E-state index in [-0.39, 0.29) is 0 Å². The van der Waals surface area contributed by atoms with Crippen molar-refractivity contribution in [3.05, 3.63) is 12.4 Å². The van der Waals surface area contributed by atoms with E-state index >= 15 is 0 Å². The van der Waals surface area contributed by atoms with Gasteiger partial charge in [-0.15, -0.1) is 0 Å². The van der Waals surface area contributed by atoms with Crippen LogP contribution in [0.15, 0.2) is 12.4 Å². The lowest BCUT2D eigenvalue weighted by molar-refractivity contribution is 0.399. The fourth-order valence-corrected chi connectivity index (χ4v) is 1.88. The van der Waals surface area contributed by atoms with Crippen molar-refractivity contribution < 1.29 is 0 Å². The van der Waals surface area contributed by atoms with Gasteiger partial charge in [0.15, 0.2) is 0 Å². The topological polar surface area (TPSA) is 41.0 Å². The van der Waals surface area contributed by atoms with E-state index in [2.05, 4.69) is 41.1 Å². The van der Waals surface area contributed by atoms with Crippen LogP contribution < -0.4 is 10.2 Å². The second-order valence-corrected chi connectivity index (χ2v) is 4.76. The molecule has 0 atom stereocenters. The van der Waals surface area contributed by atoms with Gasteiger partial charge in [0.1, 0.15) is 18.0 Å². The molecule has 1 aliphatic carbocycles. The van der Waals surface area contributed by atoms with Gasteiger partial charge in [-0.1, -0.05) is 0 Å². The first-order chi connectivity index (χ1) is 7.66. The van der Waals surface area contributed by atoms with Crippen LogP contribution in [0.3, 0.4) is 0 Å². The number of anilines is 2. The summed E-state index contributed by atoms with van der Waals surface area (Å²) < 4.78 is 0. The van der Waals surface area contributed by atoms with Gasteiger partial charge in [-0.05, 0) is 33.1 Å². The molecule has 1 aromatic heterocycles. The maximum atomic E-state index is 4.32. The summed E-state index contributed by atoms with van der Waals surface area (Å²) in [6, 6.07) is 3.09. The summed E-state index contributed by atoms with van der Waals surface area (Å²) in [4.78, 5) is 10.8. The van der Waals surface area contributed by atoms with Crippen molar-refractivity contribution in [2.45, 2.75) is 45.2 Å². The van der Waals surface area contributed by atoms with Crippen LogP contribution in [0.25, 0.3) is 0 Å². The van der Waals surface area contributed by atoms with Crippen molar-refractivity contribution in [1.29, 1.82) is 0 Å². The van der Waals surface area contributed by atoms with Crippen LogP contribution in [0.2, 0.25) is 0 Å². The SMILES string of the molecule is CC(C)Nc1cc(N(C)C2CCC2)ncn1. The van der Waals surface area contributed by atoms with Gasteiger partial charge >= 0.3 is 0 Å². The first-order valence-corrected chi connectivity index (χ1v) is 5.98. The highest BCUT2D eigenvalue weighted by Gasteiger charge is 2.23. The van der Waals surface area contributed by atoms with Crippen LogP contribution in [0.5, 0.6) is 0 Å². The van der Waals surface area contributed by atoms with Gasteiger partial charge in [0.25, 0.3) is 0 Å². The standard InChI is InChI=1S/C12H20N4/c1-9(2)15-11-7-12(14-8-13-11)16(3)10-5-4-6-10/h7-10H,4-6H2,1-3H3,(H,13,14,15). The molecule has 4 heteroatoms. The molecule has 2 rings (SSSR count). The Balaban J connectivity index is 2.08. The molecule has 1 saturated carbocycles. The Morgan fingerprint density at radius 3 is 2.69 bits per heavy atom. The summed E-state index contributed by atoms with van der Waals surface area (Å²) >= 11 is 0. The Hall–Kier alpha value is -1.32. The molecular formula is C12H20N4. The van der Waals surface area contributed by atoms with Crippen molar-refractivity contribution in [1.82, 2.24) is 9.97 Å². The lowest BCUT2D eigenvalue weighted by Gasteiger charge is -2.35. The second kappa shape index (κ2) is 4.68. The van der Waals surface area contributed by atoms with E-state index < -0.39 is 0 Å². The Kier molecular flexibility index (Phi) is 3.27. The highest BCUT2D eigenvalue weighted by molar-refractivity contribution is 5.49. The van der Waals surface area contributed by atoms with E-state index in [1.165, 1.54) is 19.3 Å². The van der Waals surface area contributed by atoms with Gasteiger partial charge in [0, 0.05) is 25.2 Å². The first kappa shape index (κ1) is 11.2. The van der Waals surface area contributed by atoms with E-state index in [1.54, 1.807) is 6.33 Å². The molecule has 16 heavy (non-hydrogen) atoms. The van der Waals surface area contributed by atoms with E-state index in [9.17, 15) is 0 Å². The number of nitrogens with one attached hydrogen (secondary N) is 1. The zero-order valence-electron chi connectivity index (χ0n) is 10.3. The van der Waals surface area contributed by atoms with Crippen molar-refractivity contribution >= 4 is 11.6 Å². The molecule has 0 spiro atoms. The van der Waals surface area contributed by atoms with Gasteiger partial charge in [-0.25, -0.2) is 9.97 Å². The molecular weight excluding hydrogens is 200 g/mol. The zero-order chi connectivity index (χ0) is 11.5. The van der Waals surface area contributed by atoms with Crippen molar-refractivity contribution in [2.24, 2.45) is 0 Å². The van der Waals surface area contributed by atoms with E-state index in [4.69, 9.17) is 0 Å². The van der Waals surface area contributed by atoms with Crippen LogP contribution in [0.4, 0.5) is 11.6 Å². The largest absolute Gasteiger partial charge is 0.368 e. The Labute approximate surface area is 97.1 Å². The average Bonchev–Trinajstić information content (AvgIpc) is 2.14. The maximum absolute atomic E-state index is 4.32. The third kappa shape index (κ3) is 2.43. The fourth-order valence-electron chi connectivity index (χ4n) is 1.88. The molecule has 1 fully saturated rings. The smallest absolute Gasteiger partial charge is 0.134 e. The minimum atomic E-state index is 0.400. The molecule has 0 bridgehead atoms. The Morgan fingerprint density at radius 1 is 1.38 bits per heavy atom. The molecule has 0 aromatic carbocycles.